The number of carbonyl (C=O) groups excluding carboxylic acids is 1. The number of halogens is 3. The van der Waals surface area contributed by atoms with Gasteiger partial charge in [-0.3, -0.25) is 4.98 Å². The Labute approximate surface area is 142 Å². The van der Waals surface area contributed by atoms with E-state index >= 15 is 0 Å². The van der Waals surface area contributed by atoms with E-state index < -0.39 is 17.7 Å². The molecule has 3 rings (SSSR count). The van der Waals surface area contributed by atoms with Crippen LogP contribution in [0.1, 0.15) is 54.6 Å². The van der Waals surface area contributed by atoms with Crippen LogP contribution in [0.4, 0.5) is 13.2 Å². The Kier molecular flexibility index (Phi) is 4.78. The van der Waals surface area contributed by atoms with Gasteiger partial charge in [0, 0.05) is 31.0 Å². The monoisotopic (exact) mass is 353 g/mol. The molecule has 0 atom stereocenters. The third kappa shape index (κ3) is 3.83. The van der Waals surface area contributed by atoms with Crippen LogP contribution in [0.15, 0.2) is 24.7 Å². The summed E-state index contributed by atoms with van der Waals surface area (Å²) in [7, 11) is 0. The number of nitrogens with zero attached hydrogens (tertiary/aromatic N) is 3. The summed E-state index contributed by atoms with van der Waals surface area (Å²) in [6.07, 6.45) is 4.11. The number of ether oxygens (including phenoxy) is 1. The van der Waals surface area contributed by atoms with Crippen LogP contribution < -0.4 is 0 Å². The minimum absolute atomic E-state index is 0.206. The Morgan fingerprint density at radius 3 is 2.72 bits per heavy atom. The maximum Gasteiger partial charge on any atom is 0.341 e. The number of rotatable bonds is 4. The van der Waals surface area contributed by atoms with Gasteiger partial charge in [-0.05, 0) is 19.8 Å². The van der Waals surface area contributed by atoms with Gasteiger partial charge in [-0.2, -0.15) is 5.10 Å². The van der Waals surface area contributed by atoms with Crippen molar-refractivity contribution in [2.24, 2.45) is 0 Å². The quantitative estimate of drug-likeness (QED) is 0.783. The van der Waals surface area contributed by atoms with E-state index in [2.05, 4.69) is 10.1 Å². The van der Waals surface area contributed by atoms with Crippen LogP contribution in [0.3, 0.4) is 0 Å². The van der Waals surface area contributed by atoms with Crippen molar-refractivity contribution < 1.29 is 22.7 Å². The predicted octanol–water partition coefficient (Wildman–Crippen LogP) is 3.88. The normalized spacial score (nSPS) is 17.4. The van der Waals surface area contributed by atoms with E-state index in [0.29, 0.717) is 5.69 Å². The molecular weight excluding hydrogens is 335 g/mol. The molecular formula is C17H18F3N3O2. The molecule has 5 nitrogen and oxygen atoms in total. The first-order chi connectivity index (χ1) is 11.9. The van der Waals surface area contributed by atoms with Crippen molar-refractivity contribution in [3.63, 3.8) is 0 Å². The Balaban J connectivity index is 1.77. The van der Waals surface area contributed by atoms with Crippen LogP contribution in [0.5, 0.6) is 0 Å². The minimum Gasteiger partial charge on any atom is -0.462 e. The number of carbonyl (C=O) groups is 1. The van der Waals surface area contributed by atoms with E-state index in [9.17, 15) is 18.0 Å². The first-order valence-electron chi connectivity index (χ1n) is 8.15. The Morgan fingerprint density at radius 2 is 2.08 bits per heavy atom. The number of pyridine rings is 1. The Hall–Kier alpha value is -2.38. The van der Waals surface area contributed by atoms with Gasteiger partial charge >= 0.3 is 5.97 Å². The molecule has 0 amide bonds. The molecule has 25 heavy (non-hydrogen) atoms. The fourth-order valence-corrected chi connectivity index (χ4v) is 2.96. The van der Waals surface area contributed by atoms with Crippen molar-refractivity contribution in [3.05, 3.63) is 41.7 Å². The van der Waals surface area contributed by atoms with Gasteiger partial charge in [-0.1, -0.05) is 0 Å². The lowest BCUT2D eigenvalue weighted by molar-refractivity contribution is -0.0387. The topological polar surface area (TPSA) is 57.0 Å². The summed E-state index contributed by atoms with van der Waals surface area (Å²) in [6, 6.07) is 1.25. The molecule has 1 fully saturated rings. The molecule has 0 unspecified atom stereocenters. The molecule has 0 N–H and O–H groups in total. The van der Waals surface area contributed by atoms with Crippen molar-refractivity contribution in [1.82, 2.24) is 14.8 Å². The Morgan fingerprint density at radius 1 is 1.36 bits per heavy atom. The van der Waals surface area contributed by atoms with Crippen LogP contribution in [0.2, 0.25) is 0 Å². The standard InChI is InChI=1S/C17H18F3N3O2/c1-2-25-16(24)12-8-22-23(10-12)13-7-14(18)15(21-9-13)11-3-5-17(19,20)6-4-11/h7-11H,2-6H2,1H3. The van der Waals surface area contributed by atoms with Crippen molar-refractivity contribution in [2.45, 2.75) is 44.4 Å². The number of hydrogen-bond acceptors (Lipinski definition) is 4. The molecule has 1 saturated carbocycles. The van der Waals surface area contributed by atoms with E-state index in [-0.39, 0.29) is 49.5 Å². The lowest BCUT2D eigenvalue weighted by Gasteiger charge is -2.28. The van der Waals surface area contributed by atoms with Crippen molar-refractivity contribution in [1.29, 1.82) is 0 Å². The van der Waals surface area contributed by atoms with Crippen LogP contribution in [-0.2, 0) is 4.74 Å². The van der Waals surface area contributed by atoms with Gasteiger partial charge in [0.1, 0.15) is 5.82 Å². The highest BCUT2D eigenvalue weighted by Crippen LogP contribution is 2.40. The third-order valence-electron chi connectivity index (χ3n) is 4.32. The van der Waals surface area contributed by atoms with Gasteiger partial charge in [-0.25, -0.2) is 22.6 Å². The van der Waals surface area contributed by atoms with E-state index in [1.807, 2.05) is 0 Å². The first-order valence-corrected chi connectivity index (χ1v) is 8.15. The number of aromatic nitrogens is 3. The molecule has 0 saturated heterocycles. The molecule has 2 aromatic rings. The van der Waals surface area contributed by atoms with Crippen molar-refractivity contribution in [3.8, 4) is 5.69 Å². The minimum atomic E-state index is -2.66. The maximum absolute atomic E-state index is 14.4. The molecule has 1 aliphatic carbocycles. The summed E-state index contributed by atoms with van der Waals surface area (Å²) < 4.78 is 47.1. The molecule has 2 heterocycles. The summed E-state index contributed by atoms with van der Waals surface area (Å²) >= 11 is 0. The zero-order valence-electron chi connectivity index (χ0n) is 13.7. The first kappa shape index (κ1) is 17.4. The van der Waals surface area contributed by atoms with Crippen molar-refractivity contribution >= 4 is 5.97 Å². The summed E-state index contributed by atoms with van der Waals surface area (Å²) in [5.41, 5.74) is 0.802. The molecule has 0 aromatic carbocycles. The van der Waals surface area contributed by atoms with E-state index in [1.165, 1.54) is 29.3 Å². The SMILES string of the molecule is CCOC(=O)c1cnn(-c2cnc(C3CCC(F)(F)CC3)c(F)c2)c1. The second-order valence-corrected chi connectivity index (χ2v) is 6.08. The van der Waals surface area contributed by atoms with Gasteiger partial charge in [0.25, 0.3) is 0 Å². The molecule has 0 spiro atoms. The molecule has 0 radical (unpaired) electrons. The lowest BCUT2D eigenvalue weighted by Crippen LogP contribution is -2.24. The second-order valence-electron chi connectivity index (χ2n) is 6.08. The van der Waals surface area contributed by atoms with Crippen LogP contribution in [-0.4, -0.2) is 33.3 Å². The molecule has 2 aromatic heterocycles. The maximum atomic E-state index is 14.4. The fourth-order valence-electron chi connectivity index (χ4n) is 2.96. The van der Waals surface area contributed by atoms with Crippen LogP contribution in [0.25, 0.3) is 5.69 Å². The highest BCUT2D eigenvalue weighted by Gasteiger charge is 2.36. The van der Waals surface area contributed by atoms with E-state index in [4.69, 9.17) is 4.74 Å². The van der Waals surface area contributed by atoms with Crippen LogP contribution >= 0.6 is 0 Å². The van der Waals surface area contributed by atoms with Crippen molar-refractivity contribution in [2.75, 3.05) is 6.61 Å². The average Bonchev–Trinajstić information content (AvgIpc) is 3.06. The van der Waals surface area contributed by atoms with Gasteiger partial charge in [0.2, 0.25) is 5.92 Å². The number of alkyl halides is 2. The van der Waals surface area contributed by atoms with Gasteiger partial charge in [0.05, 0.1) is 35.9 Å². The predicted molar refractivity (Wildman–Crippen MR) is 83.4 cm³/mol. The highest BCUT2D eigenvalue weighted by atomic mass is 19.3. The average molecular weight is 353 g/mol. The van der Waals surface area contributed by atoms with E-state index in [1.54, 1.807) is 6.92 Å². The lowest BCUT2D eigenvalue weighted by atomic mass is 9.84. The summed E-state index contributed by atoms with van der Waals surface area (Å²) in [5.74, 6) is -4.03. The summed E-state index contributed by atoms with van der Waals surface area (Å²) in [6.45, 7) is 1.94. The zero-order chi connectivity index (χ0) is 18.0. The van der Waals surface area contributed by atoms with Gasteiger partial charge < -0.3 is 4.74 Å². The second kappa shape index (κ2) is 6.85. The molecule has 134 valence electrons. The Bertz CT molecular complexity index is 766. The van der Waals surface area contributed by atoms with E-state index in [0.717, 1.165) is 0 Å². The largest absolute Gasteiger partial charge is 0.462 e. The molecule has 1 aliphatic rings. The molecule has 0 aliphatic heterocycles. The summed E-state index contributed by atoms with van der Waals surface area (Å²) in [4.78, 5) is 15.8. The highest BCUT2D eigenvalue weighted by molar-refractivity contribution is 5.88. The van der Waals surface area contributed by atoms with Gasteiger partial charge in [0.15, 0.2) is 0 Å². The third-order valence-corrected chi connectivity index (χ3v) is 4.32. The number of esters is 1. The smallest absolute Gasteiger partial charge is 0.341 e. The fraction of sp³-hybridized carbons (Fsp3) is 0.471. The summed E-state index contributed by atoms with van der Waals surface area (Å²) in [5, 5.41) is 4.00. The molecule has 8 heteroatoms. The zero-order valence-corrected chi connectivity index (χ0v) is 13.7. The molecule has 0 bridgehead atoms. The number of hydrogen-bond donors (Lipinski definition) is 0. The van der Waals surface area contributed by atoms with Gasteiger partial charge in [-0.15, -0.1) is 0 Å². The van der Waals surface area contributed by atoms with Crippen LogP contribution in [0, 0.1) is 5.82 Å².